The van der Waals surface area contributed by atoms with Gasteiger partial charge in [0.25, 0.3) is 0 Å². The fraction of sp³-hybridized carbons (Fsp3) is 0.158. The molecule has 0 amide bonds. The van der Waals surface area contributed by atoms with Gasteiger partial charge < -0.3 is 9.72 Å². The van der Waals surface area contributed by atoms with Gasteiger partial charge >= 0.3 is 5.97 Å². The molecule has 2 aromatic carbocycles. The summed E-state index contributed by atoms with van der Waals surface area (Å²) < 4.78 is 7.48. The van der Waals surface area contributed by atoms with Gasteiger partial charge in [0.1, 0.15) is 5.69 Å². The van der Waals surface area contributed by atoms with Gasteiger partial charge in [-0.25, -0.2) is 4.79 Å². The van der Waals surface area contributed by atoms with Crippen molar-refractivity contribution in [1.82, 2.24) is 9.55 Å². The zero-order valence-corrected chi connectivity index (χ0v) is 14.1. The number of hydrogen-bond acceptors (Lipinski definition) is 3. The number of nitrogens with one attached hydrogen (secondary N) is 1. The molecule has 0 unspecified atom stereocenters. The van der Waals surface area contributed by atoms with Crippen LogP contribution in [0.2, 0.25) is 0 Å². The van der Waals surface area contributed by atoms with E-state index >= 15 is 0 Å². The second kappa shape index (κ2) is 7.27. The smallest absolute Gasteiger partial charge is 0.356 e. The molecule has 122 valence electrons. The summed E-state index contributed by atoms with van der Waals surface area (Å²) in [6.45, 7) is 2.10. The van der Waals surface area contributed by atoms with Crippen molar-refractivity contribution in [2.45, 2.75) is 13.0 Å². The SMILES string of the molecule is CCOC(=O)c1c[nH]c(=S)n1C(c1ccccc1)c1ccccc1. The first kappa shape index (κ1) is 16.2. The van der Waals surface area contributed by atoms with Crippen LogP contribution in [-0.2, 0) is 4.74 Å². The molecule has 0 saturated heterocycles. The van der Waals surface area contributed by atoms with Crippen molar-refractivity contribution in [2.75, 3.05) is 6.61 Å². The Morgan fingerprint density at radius 2 is 1.62 bits per heavy atom. The van der Waals surface area contributed by atoms with E-state index in [0.717, 1.165) is 11.1 Å². The molecule has 1 heterocycles. The van der Waals surface area contributed by atoms with Crippen LogP contribution < -0.4 is 0 Å². The van der Waals surface area contributed by atoms with Gasteiger partial charge in [0.15, 0.2) is 4.77 Å². The lowest BCUT2D eigenvalue weighted by Gasteiger charge is -2.21. The molecule has 24 heavy (non-hydrogen) atoms. The fourth-order valence-corrected chi connectivity index (χ4v) is 3.02. The maximum atomic E-state index is 12.3. The second-order valence-corrected chi connectivity index (χ2v) is 5.68. The van der Waals surface area contributed by atoms with E-state index in [1.807, 2.05) is 65.2 Å². The summed E-state index contributed by atoms with van der Waals surface area (Å²) in [5, 5.41) is 0. The largest absolute Gasteiger partial charge is 0.461 e. The maximum absolute atomic E-state index is 12.3. The lowest BCUT2D eigenvalue weighted by atomic mass is 9.98. The number of rotatable bonds is 5. The molecule has 1 aromatic heterocycles. The Hall–Kier alpha value is -2.66. The topological polar surface area (TPSA) is 47.0 Å². The molecule has 3 aromatic rings. The van der Waals surface area contributed by atoms with Crippen molar-refractivity contribution in [1.29, 1.82) is 0 Å². The first-order valence-corrected chi connectivity index (χ1v) is 8.20. The number of esters is 1. The van der Waals surface area contributed by atoms with Gasteiger partial charge in [-0.2, -0.15) is 0 Å². The van der Waals surface area contributed by atoms with Crippen LogP contribution in [0.25, 0.3) is 0 Å². The van der Waals surface area contributed by atoms with Crippen LogP contribution in [0.3, 0.4) is 0 Å². The fourth-order valence-electron chi connectivity index (χ4n) is 2.76. The predicted octanol–water partition coefficient (Wildman–Crippen LogP) is 4.36. The van der Waals surface area contributed by atoms with Crippen LogP contribution in [0, 0.1) is 4.77 Å². The Morgan fingerprint density at radius 3 is 2.12 bits per heavy atom. The Bertz CT molecular complexity index is 830. The molecule has 0 spiro atoms. The number of nitrogens with zero attached hydrogens (tertiary/aromatic N) is 1. The van der Waals surface area contributed by atoms with Crippen molar-refractivity contribution in [3.8, 4) is 0 Å². The second-order valence-electron chi connectivity index (χ2n) is 5.29. The van der Waals surface area contributed by atoms with Gasteiger partial charge in [-0.05, 0) is 30.3 Å². The Balaban J connectivity index is 2.19. The number of imidazole rings is 1. The number of carbonyl (C=O) groups is 1. The summed E-state index contributed by atoms with van der Waals surface area (Å²) in [6.07, 6.45) is 1.61. The molecule has 0 aliphatic carbocycles. The van der Waals surface area contributed by atoms with Crippen molar-refractivity contribution in [2.24, 2.45) is 0 Å². The van der Waals surface area contributed by atoms with Crippen LogP contribution in [0.5, 0.6) is 0 Å². The minimum absolute atomic E-state index is 0.203. The number of hydrogen-bond donors (Lipinski definition) is 1. The number of carbonyl (C=O) groups excluding carboxylic acids is 1. The van der Waals surface area contributed by atoms with Crippen molar-refractivity contribution in [3.63, 3.8) is 0 Å². The summed E-state index contributed by atoms with van der Waals surface area (Å²) >= 11 is 5.45. The first-order valence-electron chi connectivity index (χ1n) is 7.79. The quantitative estimate of drug-likeness (QED) is 0.555. The van der Waals surface area contributed by atoms with E-state index in [-0.39, 0.29) is 12.0 Å². The minimum Gasteiger partial charge on any atom is -0.461 e. The van der Waals surface area contributed by atoms with Crippen LogP contribution in [0.15, 0.2) is 66.9 Å². The van der Waals surface area contributed by atoms with E-state index in [9.17, 15) is 4.79 Å². The van der Waals surface area contributed by atoms with Crippen LogP contribution in [0.1, 0.15) is 34.6 Å². The van der Waals surface area contributed by atoms with Gasteiger partial charge in [0.2, 0.25) is 0 Å². The summed E-state index contributed by atoms with van der Waals surface area (Å²) in [6, 6.07) is 19.8. The highest BCUT2D eigenvalue weighted by Gasteiger charge is 2.23. The molecule has 0 aliphatic heterocycles. The molecule has 0 radical (unpaired) electrons. The number of ether oxygens (including phenoxy) is 1. The lowest BCUT2D eigenvalue weighted by Crippen LogP contribution is -2.19. The monoisotopic (exact) mass is 338 g/mol. The van der Waals surface area contributed by atoms with E-state index in [0.29, 0.717) is 17.1 Å². The summed E-state index contributed by atoms with van der Waals surface area (Å²) in [4.78, 5) is 15.3. The molecular weight excluding hydrogens is 320 g/mol. The van der Waals surface area contributed by atoms with Gasteiger partial charge in [0.05, 0.1) is 12.6 Å². The third-order valence-corrected chi connectivity index (χ3v) is 4.10. The standard InChI is InChI=1S/C19H18N2O2S/c1-2-23-18(22)16-13-20-19(24)21(16)17(14-9-5-3-6-10-14)15-11-7-4-8-12-15/h3-13,17H,2H2,1H3,(H,20,24). The Morgan fingerprint density at radius 1 is 1.08 bits per heavy atom. The van der Waals surface area contributed by atoms with Crippen molar-refractivity contribution >= 4 is 18.2 Å². The molecule has 0 bridgehead atoms. The predicted molar refractivity (Wildman–Crippen MR) is 95.7 cm³/mol. The van der Waals surface area contributed by atoms with Crippen LogP contribution in [-0.4, -0.2) is 22.1 Å². The highest BCUT2D eigenvalue weighted by Crippen LogP contribution is 2.28. The third-order valence-electron chi connectivity index (χ3n) is 3.78. The van der Waals surface area contributed by atoms with Gasteiger partial charge in [0, 0.05) is 6.20 Å². The van der Waals surface area contributed by atoms with Gasteiger partial charge in [-0.15, -0.1) is 0 Å². The van der Waals surface area contributed by atoms with Gasteiger partial charge in [-0.1, -0.05) is 60.7 Å². The molecule has 1 N–H and O–H groups in total. The highest BCUT2D eigenvalue weighted by atomic mass is 32.1. The van der Waals surface area contributed by atoms with Crippen molar-refractivity contribution in [3.05, 3.63) is 88.5 Å². The highest BCUT2D eigenvalue weighted by molar-refractivity contribution is 7.71. The van der Waals surface area contributed by atoms with Gasteiger partial charge in [-0.3, -0.25) is 4.57 Å². The Labute approximate surface area is 145 Å². The molecule has 4 nitrogen and oxygen atoms in total. The zero-order valence-electron chi connectivity index (χ0n) is 13.3. The molecule has 0 atom stereocenters. The average Bonchev–Trinajstić information content (AvgIpc) is 2.99. The Kier molecular flexibility index (Phi) is 4.91. The molecule has 0 aliphatic rings. The van der Waals surface area contributed by atoms with E-state index in [1.54, 1.807) is 13.1 Å². The molecule has 0 saturated carbocycles. The zero-order chi connectivity index (χ0) is 16.9. The normalized spacial score (nSPS) is 10.8. The summed E-state index contributed by atoms with van der Waals surface area (Å²) in [5.41, 5.74) is 2.51. The first-order chi connectivity index (χ1) is 11.7. The summed E-state index contributed by atoms with van der Waals surface area (Å²) in [7, 11) is 0. The lowest BCUT2D eigenvalue weighted by molar-refractivity contribution is 0.0513. The summed E-state index contributed by atoms with van der Waals surface area (Å²) in [5.74, 6) is -0.387. The number of benzene rings is 2. The van der Waals surface area contributed by atoms with E-state index < -0.39 is 0 Å². The van der Waals surface area contributed by atoms with E-state index in [2.05, 4.69) is 4.98 Å². The number of H-pyrrole nitrogens is 1. The average molecular weight is 338 g/mol. The molecular formula is C19H18N2O2S. The molecule has 5 heteroatoms. The van der Waals surface area contributed by atoms with Crippen LogP contribution >= 0.6 is 12.2 Å². The number of aromatic amines is 1. The van der Waals surface area contributed by atoms with Crippen molar-refractivity contribution < 1.29 is 9.53 Å². The molecule has 0 fully saturated rings. The third kappa shape index (κ3) is 3.16. The maximum Gasteiger partial charge on any atom is 0.356 e. The van der Waals surface area contributed by atoms with Crippen LogP contribution in [0.4, 0.5) is 0 Å². The number of aromatic nitrogens is 2. The molecule has 3 rings (SSSR count). The van der Waals surface area contributed by atoms with E-state index in [4.69, 9.17) is 17.0 Å². The van der Waals surface area contributed by atoms with E-state index in [1.165, 1.54) is 0 Å². The minimum atomic E-state index is -0.387.